The zero-order valence-corrected chi connectivity index (χ0v) is 15.8. The fraction of sp³-hybridized carbons (Fsp3) is 0.947. The quantitative estimate of drug-likeness (QED) is 0.763. The van der Waals surface area contributed by atoms with Crippen LogP contribution in [0.1, 0.15) is 46.5 Å². The average Bonchev–Trinajstić information content (AvgIpc) is 3.15. The van der Waals surface area contributed by atoms with E-state index in [4.69, 9.17) is 0 Å². The maximum atomic E-state index is 11.6. The van der Waals surface area contributed by atoms with Crippen molar-refractivity contribution in [2.24, 2.45) is 5.92 Å². The Bertz CT molecular complexity index is 420. The first-order valence-electron chi connectivity index (χ1n) is 10.1. The van der Waals surface area contributed by atoms with Crippen molar-refractivity contribution in [3.8, 4) is 0 Å². The van der Waals surface area contributed by atoms with Crippen LogP contribution in [0, 0.1) is 5.92 Å². The van der Waals surface area contributed by atoms with Gasteiger partial charge in [0, 0.05) is 57.3 Å². The predicted molar refractivity (Wildman–Crippen MR) is 98.1 cm³/mol. The number of fused-ring (bicyclic) bond motifs is 2. The van der Waals surface area contributed by atoms with Crippen molar-refractivity contribution in [1.82, 2.24) is 20.0 Å². The van der Waals surface area contributed by atoms with E-state index in [9.17, 15) is 4.79 Å². The number of carbonyl (C=O) groups excluding carboxylic acids is 1. The molecule has 2 saturated heterocycles. The third-order valence-electron chi connectivity index (χ3n) is 6.38. The lowest BCUT2D eigenvalue weighted by molar-refractivity contribution is -0.121. The summed E-state index contributed by atoms with van der Waals surface area (Å²) in [4.78, 5) is 19.5. The van der Waals surface area contributed by atoms with Gasteiger partial charge in [-0.2, -0.15) is 0 Å². The first-order chi connectivity index (χ1) is 11.6. The fourth-order valence-corrected chi connectivity index (χ4v) is 4.81. The topological polar surface area (TPSA) is 38.8 Å². The second-order valence-corrected chi connectivity index (χ2v) is 8.23. The molecule has 0 aromatic carbocycles. The molecular formula is C19H36N4O. The normalized spacial score (nSPS) is 31.9. The third-order valence-corrected chi connectivity index (χ3v) is 6.38. The van der Waals surface area contributed by atoms with Crippen molar-refractivity contribution < 1.29 is 4.79 Å². The Kier molecular flexibility index (Phi) is 6.17. The Morgan fingerprint density at radius 1 is 1.12 bits per heavy atom. The number of piperidine rings is 1. The van der Waals surface area contributed by atoms with E-state index in [-0.39, 0.29) is 5.91 Å². The van der Waals surface area contributed by atoms with Crippen molar-refractivity contribution in [2.45, 2.75) is 64.6 Å². The zero-order chi connectivity index (χ0) is 17.1. The molecule has 3 aliphatic rings. The summed E-state index contributed by atoms with van der Waals surface area (Å²) in [5.41, 5.74) is 0. The molecule has 1 N–H and O–H groups in total. The number of nitrogens with one attached hydrogen (secondary N) is 1. The van der Waals surface area contributed by atoms with Crippen LogP contribution >= 0.6 is 0 Å². The van der Waals surface area contributed by atoms with Gasteiger partial charge in [-0.3, -0.25) is 14.6 Å². The summed E-state index contributed by atoms with van der Waals surface area (Å²) in [6, 6.07) is 1.85. The van der Waals surface area contributed by atoms with Crippen LogP contribution in [0.4, 0.5) is 0 Å². The van der Waals surface area contributed by atoms with E-state index >= 15 is 0 Å². The van der Waals surface area contributed by atoms with Gasteiger partial charge in [-0.1, -0.05) is 6.92 Å². The molecule has 0 spiro atoms. The molecule has 1 amide bonds. The molecule has 3 unspecified atom stereocenters. The van der Waals surface area contributed by atoms with Crippen LogP contribution in [0.15, 0.2) is 0 Å². The van der Waals surface area contributed by atoms with Gasteiger partial charge >= 0.3 is 0 Å². The minimum Gasteiger partial charge on any atom is -0.353 e. The summed E-state index contributed by atoms with van der Waals surface area (Å²) in [5.74, 6) is 0.916. The number of nitrogens with zero attached hydrogens (tertiary/aromatic N) is 3. The number of hydrogen-bond acceptors (Lipinski definition) is 4. The smallest absolute Gasteiger partial charge is 0.219 e. The number of piperazine rings is 1. The maximum absolute atomic E-state index is 11.6. The van der Waals surface area contributed by atoms with Crippen LogP contribution in [0.2, 0.25) is 0 Å². The lowest BCUT2D eigenvalue weighted by atomic mass is 10.0. The average molecular weight is 337 g/mol. The van der Waals surface area contributed by atoms with E-state index in [1.165, 1.54) is 65.1 Å². The third kappa shape index (κ3) is 4.30. The standard InChI is InChI=1S/C19H36N4O/c1-4-19(24)20-18-13-17-12-16(18)14-23(17)7-5-6-21-8-10-22(11-9-21)15(2)3/h15-18H,4-14H2,1-3H3,(H,20,24). The van der Waals surface area contributed by atoms with Crippen molar-refractivity contribution in [2.75, 3.05) is 45.8 Å². The summed E-state index contributed by atoms with van der Waals surface area (Å²) in [6.07, 6.45) is 4.36. The molecule has 0 aromatic heterocycles. The van der Waals surface area contributed by atoms with Crippen molar-refractivity contribution in [1.29, 1.82) is 0 Å². The van der Waals surface area contributed by atoms with Gasteiger partial charge in [0.05, 0.1) is 0 Å². The Morgan fingerprint density at radius 3 is 2.46 bits per heavy atom. The Balaban J connectivity index is 1.32. The maximum Gasteiger partial charge on any atom is 0.219 e. The molecule has 2 heterocycles. The molecule has 2 aliphatic heterocycles. The Labute approximate surface area is 147 Å². The largest absolute Gasteiger partial charge is 0.353 e. The summed E-state index contributed by atoms with van der Waals surface area (Å²) < 4.78 is 0. The van der Waals surface area contributed by atoms with Crippen LogP contribution in [-0.2, 0) is 4.79 Å². The summed E-state index contributed by atoms with van der Waals surface area (Å²) >= 11 is 0. The van der Waals surface area contributed by atoms with E-state index < -0.39 is 0 Å². The molecule has 1 aliphatic carbocycles. The van der Waals surface area contributed by atoms with Crippen LogP contribution < -0.4 is 5.32 Å². The Morgan fingerprint density at radius 2 is 1.88 bits per heavy atom. The molecule has 3 rings (SSSR count). The van der Waals surface area contributed by atoms with E-state index in [0.29, 0.717) is 24.4 Å². The highest BCUT2D eigenvalue weighted by molar-refractivity contribution is 5.75. The molecule has 1 saturated carbocycles. The highest BCUT2D eigenvalue weighted by Crippen LogP contribution is 2.37. The SMILES string of the molecule is CCC(=O)NC1CC2CC1CN2CCCN1CCN(C(C)C)CC1. The molecule has 0 radical (unpaired) electrons. The number of carbonyl (C=O) groups is 1. The number of likely N-dealkylation sites (tertiary alicyclic amines) is 1. The lowest BCUT2D eigenvalue weighted by Crippen LogP contribution is -2.49. The van der Waals surface area contributed by atoms with Crippen molar-refractivity contribution in [3.05, 3.63) is 0 Å². The van der Waals surface area contributed by atoms with Gasteiger partial charge in [0.15, 0.2) is 0 Å². The molecule has 5 nitrogen and oxygen atoms in total. The van der Waals surface area contributed by atoms with E-state index in [2.05, 4.69) is 33.9 Å². The second-order valence-electron chi connectivity index (χ2n) is 8.23. The zero-order valence-electron chi connectivity index (χ0n) is 15.8. The highest BCUT2D eigenvalue weighted by atomic mass is 16.1. The molecule has 3 atom stereocenters. The molecule has 0 aromatic rings. The summed E-state index contributed by atoms with van der Waals surface area (Å²) in [5, 5.41) is 3.22. The molecule has 2 bridgehead atoms. The fourth-order valence-electron chi connectivity index (χ4n) is 4.81. The van der Waals surface area contributed by atoms with Gasteiger partial charge in [0.1, 0.15) is 0 Å². The van der Waals surface area contributed by atoms with Crippen molar-refractivity contribution >= 4 is 5.91 Å². The van der Waals surface area contributed by atoms with Crippen LogP contribution in [-0.4, -0.2) is 84.5 Å². The lowest BCUT2D eigenvalue weighted by Gasteiger charge is -2.37. The van der Waals surface area contributed by atoms with Gasteiger partial charge in [-0.25, -0.2) is 0 Å². The van der Waals surface area contributed by atoms with Gasteiger partial charge in [-0.15, -0.1) is 0 Å². The first kappa shape index (κ1) is 18.2. The number of rotatable bonds is 7. The minimum absolute atomic E-state index is 0.222. The van der Waals surface area contributed by atoms with Crippen LogP contribution in [0.5, 0.6) is 0 Å². The van der Waals surface area contributed by atoms with E-state index in [0.717, 1.165) is 6.04 Å². The van der Waals surface area contributed by atoms with Gasteiger partial charge in [-0.05, 0) is 52.1 Å². The summed E-state index contributed by atoms with van der Waals surface area (Å²) in [6.45, 7) is 15.1. The van der Waals surface area contributed by atoms with Gasteiger partial charge in [0.2, 0.25) is 5.91 Å². The molecule has 5 heteroatoms. The first-order valence-corrected chi connectivity index (χ1v) is 10.1. The second kappa shape index (κ2) is 8.15. The molecule has 138 valence electrons. The molecule has 24 heavy (non-hydrogen) atoms. The Hall–Kier alpha value is -0.650. The molecule has 3 fully saturated rings. The summed E-state index contributed by atoms with van der Waals surface area (Å²) in [7, 11) is 0. The molecular weight excluding hydrogens is 300 g/mol. The van der Waals surface area contributed by atoms with Crippen LogP contribution in [0.25, 0.3) is 0 Å². The van der Waals surface area contributed by atoms with Gasteiger partial charge < -0.3 is 10.2 Å². The van der Waals surface area contributed by atoms with E-state index in [1.807, 2.05) is 6.92 Å². The highest BCUT2D eigenvalue weighted by Gasteiger charge is 2.44. The predicted octanol–water partition coefficient (Wildman–Crippen LogP) is 1.39. The number of amides is 1. The van der Waals surface area contributed by atoms with Crippen molar-refractivity contribution in [3.63, 3.8) is 0 Å². The number of hydrogen-bond donors (Lipinski definition) is 1. The minimum atomic E-state index is 0.222. The van der Waals surface area contributed by atoms with Gasteiger partial charge in [0.25, 0.3) is 0 Å². The monoisotopic (exact) mass is 336 g/mol. The van der Waals surface area contributed by atoms with E-state index in [1.54, 1.807) is 0 Å². The van der Waals surface area contributed by atoms with Crippen LogP contribution in [0.3, 0.4) is 0 Å².